The van der Waals surface area contributed by atoms with Gasteiger partial charge < -0.3 is 14.4 Å². The molecule has 0 N–H and O–H groups in total. The summed E-state index contributed by atoms with van der Waals surface area (Å²) >= 11 is 0. The molecule has 116 valence electrons. The summed E-state index contributed by atoms with van der Waals surface area (Å²) in [5.74, 6) is 0.619. The topological polar surface area (TPSA) is 56.6 Å². The van der Waals surface area contributed by atoms with Crippen LogP contribution in [0.5, 0.6) is 0 Å². The highest BCUT2D eigenvalue weighted by molar-refractivity contribution is 5.94. The van der Waals surface area contributed by atoms with Gasteiger partial charge in [-0.1, -0.05) is 0 Å². The lowest BCUT2D eigenvalue weighted by molar-refractivity contribution is 0.0599. The van der Waals surface area contributed by atoms with Crippen LogP contribution in [0.25, 0.3) is 0 Å². The molecule has 1 amide bonds. The molecule has 3 rings (SSSR count). The predicted octanol–water partition coefficient (Wildman–Crippen LogP) is 0.991. The van der Waals surface area contributed by atoms with Crippen LogP contribution in [-0.2, 0) is 29.5 Å². The first-order chi connectivity index (χ1) is 10.2. The van der Waals surface area contributed by atoms with Crippen molar-refractivity contribution in [1.29, 1.82) is 0 Å². The molecule has 1 aromatic heterocycles. The molecule has 6 heteroatoms. The second kappa shape index (κ2) is 6.15. The Hall–Kier alpha value is -1.40. The van der Waals surface area contributed by atoms with Crippen LogP contribution in [0, 0.1) is 5.92 Å². The maximum Gasteiger partial charge on any atom is 0.274 e. The highest BCUT2D eigenvalue weighted by atomic mass is 16.5. The number of methoxy groups -OCH3 is 1. The highest BCUT2D eigenvalue weighted by Crippen LogP contribution is 2.24. The third-order valence-corrected chi connectivity index (χ3v) is 4.51. The molecule has 2 aliphatic heterocycles. The first-order valence-electron chi connectivity index (χ1n) is 7.61. The summed E-state index contributed by atoms with van der Waals surface area (Å²) in [6.45, 7) is 3.58. The average Bonchev–Trinajstić information content (AvgIpc) is 2.85. The number of amides is 1. The number of hydrogen-bond acceptors (Lipinski definition) is 4. The molecular weight excluding hydrogens is 270 g/mol. The molecule has 3 heterocycles. The van der Waals surface area contributed by atoms with E-state index in [0.717, 1.165) is 50.2 Å². The number of hydrogen-bond donors (Lipinski definition) is 0. The Morgan fingerprint density at radius 2 is 2.19 bits per heavy atom. The molecule has 1 aromatic rings. The molecule has 2 aliphatic rings. The summed E-state index contributed by atoms with van der Waals surface area (Å²) in [4.78, 5) is 14.6. The van der Waals surface area contributed by atoms with Crippen LogP contribution in [-0.4, -0.2) is 54.0 Å². The van der Waals surface area contributed by atoms with Gasteiger partial charge >= 0.3 is 0 Å². The largest absolute Gasteiger partial charge is 0.384 e. The van der Waals surface area contributed by atoms with E-state index in [1.807, 2.05) is 16.6 Å². The molecular formula is C15H23N3O3. The van der Waals surface area contributed by atoms with Crippen molar-refractivity contribution in [2.75, 3.05) is 33.4 Å². The number of rotatable bonds is 3. The van der Waals surface area contributed by atoms with Crippen LogP contribution in [0.3, 0.4) is 0 Å². The summed E-state index contributed by atoms with van der Waals surface area (Å²) < 4.78 is 12.5. The molecule has 21 heavy (non-hydrogen) atoms. The number of carbonyl (C=O) groups is 1. The van der Waals surface area contributed by atoms with Crippen LogP contribution in [0.15, 0.2) is 0 Å². The predicted molar refractivity (Wildman–Crippen MR) is 77.1 cm³/mol. The van der Waals surface area contributed by atoms with Crippen molar-refractivity contribution in [2.45, 2.75) is 25.9 Å². The van der Waals surface area contributed by atoms with Crippen molar-refractivity contribution in [2.24, 2.45) is 13.0 Å². The van der Waals surface area contributed by atoms with Crippen LogP contribution in [0.4, 0.5) is 0 Å². The highest BCUT2D eigenvalue weighted by Gasteiger charge is 2.29. The van der Waals surface area contributed by atoms with Gasteiger partial charge in [-0.3, -0.25) is 9.48 Å². The molecule has 1 saturated heterocycles. The van der Waals surface area contributed by atoms with Gasteiger partial charge in [0.2, 0.25) is 0 Å². The van der Waals surface area contributed by atoms with E-state index in [2.05, 4.69) is 5.10 Å². The smallest absolute Gasteiger partial charge is 0.274 e. The number of ether oxygens (including phenoxy) is 2. The second-order valence-electron chi connectivity index (χ2n) is 5.89. The van der Waals surface area contributed by atoms with Gasteiger partial charge in [0.15, 0.2) is 5.69 Å². The van der Waals surface area contributed by atoms with Gasteiger partial charge in [0.25, 0.3) is 5.91 Å². The summed E-state index contributed by atoms with van der Waals surface area (Å²) in [6, 6.07) is 0. The summed E-state index contributed by atoms with van der Waals surface area (Å²) in [5.41, 5.74) is 2.70. The Balaban J connectivity index is 1.72. The van der Waals surface area contributed by atoms with Gasteiger partial charge in [-0.2, -0.15) is 5.10 Å². The number of fused-ring (bicyclic) bond motifs is 1. The van der Waals surface area contributed by atoms with Gasteiger partial charge in [-0.05, 0) is 18.8 Å². The summed E-state index contributed by atoms with van der Waals surface area (Å²) in [7, 11) is 3.64. The van der Waals surface area contributed by atoms with Gasteiger partial charge in [-0.25, -0.2) is 0 Å². The van der Waals surface area contributed by atoms with E-state index < -0.39 is 0 Å². The van der Waals surface area contributed by atoms with E-state index in [1.54, 1.807) is 7.11 Å². The molecule has 0 unspecified atom stereocenters. The van der Waals surface area contributed by atoms with E-state index in [4.69, 9.17) is 9.47 Å². The molecule has 0 atom stereocenters. The molecule has 0 spiro atoms. The second-order valence-corrected chi connectivity index (χ2v) is 5.89. The Morgan fingerprint density at radius 1 is 1.43 bits per heavy atom. The quantitative estimate of drug-likeness (QED) is 0.834. The molecule has 0 aliphatic carbocycles. The fourth-order valence-electron chi connectivity index (χ4n) is 3.27. The lowest BCUT2D eigenvalue weighted by Crippen LogP contribution is -2.40. The Morgan fingerprint density at radius 3 is 2.90 bits per heavy atom. The molecule has 6 nitrogen and oxygen atoms in total. The molecule has 1 fully saturated rings. The summed E-state index contributed by atoms with van der Waals surface area (Å²) in [5, 5.41) is 4.44. The fraction of sp³-hybridized carbons (Fsp3) is 0.733. The van der Waals surface area contributed by atoms with Crippen molar-refractivity contribution in [3.63, 3.8) is 0 Å². The normalized spacial score (nSPS) is 19.6. The van der Waals surface area contributed by atoms with Gasteiger partial charge in [-0.15, -0.1) is 0 Å². The van der Waals surface area contributed by atoms with E-state index in [1.165, 1.54) is 0 Å². The van der Waals surface area contributed by atoms with Crippen molar-refractivity contribution in [1.82, 2.24) is 14.7 Å². The first-order valence-corrected chi connectivity index (χ1v) is 7.61. The number of aromatic nitrogens is 2. The van der Waals surface area contributed by atoms with Crippen LogP contribution < -0.4 is 0 Å². The standard InChI is InChI=1S/C15H23N3O3/c1-17-13-5-8-21-10-12(13)14(16-17)15(19)18-6-3-11(4-7-18)9-20-2/h11H,3-10H2,1-2H3. The number of aryl methyl sites for hydroxylation is 1. The monoisotopic (exact) mass is 293 g/mol. The van der Waals surface area contributed by atoms with Crippen molar-refractivity contribution in [3.8, 4) is 0 Å². The molecule has 0 radical (unpaired) electrons. The zero-order valence-corrected chi connectivity index (χ0v) is 12.8. The fourth-order valence-corrected chi connectivity index (χ4v) is 3.27. The zero-order valence-electron chi connectivity index (χ0n) is 12.8. The Labute approximate surface area is 125 Å². The maximum absolute atomic E-state index is 12.7. The van der Waals surface area contributed by atoms with Crippen molar-refractivity contribution >= 4 is 5.91 Å². The van der Waals surface area contributed by atoms with Gasteiger partial charge in [0.1, 0.15) is 0 Å². The van der Waals surface area contributed by atoms with E-state index in [9.17, 15) is 4.79 Å². The zero-order chi connectivity index (χ0) is 14.8. The van der Waals surface area contributed by atoms with E-state index in [-0.39, 0.29) is 5.91 Å². The molecule has 0 aromatic carbocycles. The van der Waals surface area contributed by atoms with E-state index in [0.29, 0.717) is 24.8 Å². The van der Waals surface area contributed by atoms with E-state index >= 15 is 0 Å². The van der Waals surface area contributed by atoms with Gasteiger partial charge in [0, 0.05) is 51.5 Å². The lowest BCUT2D eigenvalue weighted by Gasteiger charge is -2.31. The minimum atomic E-state index is 0.0493. The Kier molecular flexibility index (Phi) is 4.26. The Bertz CT molecular complexity index is 518. The minimum Gasteiger partial charge on any atom is -0.384 e. The van der Waals surface area contributed by atoms with Crippen molar-refractivity contribution < 1.29 is 14.3 Å². The molecule has 0 bridgehead atoms. The average molecular weight is 293 g/mol. The third kappa shape index (κ3) is 2.82. The lowest BCUT2D eigenvalue weighted by atomic mass is 9.97. The number of nitrogens with zero attached hydrogens (tertiary/aromatic N) is 3. The number of piperidine rings is 1. The first kappa shape index (κ1) is 14.5. The summed E-state index contributed by atoms with van der Waals surface area (Å²) in [6.07, 6.45) is 2.85. The molecule has 0 saturated carbocycles. The third-order valence-electron chi connectivity index (χ3n) is 4.51. The maximum atomic E-state index is 12.7. The van der Waals surface area contributed by atoms with Gasteiger partial charge in [0.05, 0.1) is 13.2 Å². The minimum absolute atomic E-state index is 0.0493. The van der Waals surface area contributed by atoms with Crippen LogP contribution in [0.1, 0.15) is 34.6 Å². The number of carbonyl (C=O) groups excluding carboxylic acids is 1. The van der Waals surface area contributed by atoms with Crippen molar-refractivity contribution in [3.05, 3.63) is 17.0 Å². The van der Waals surface area contributed by atoms with Crippen LogP contribution >= 0.6 is 0 Å². The van der Waals surface area contributed by atoms with Crippen LogP contribution in [0.2, 0.25) is 0 Å². The number of likely N-dealkylation sites (tertiary alicyclic amines) is 1. The SMILES string of the molecule is COCC1CCN(C(=O)c2nn(C)c3c2COCC3)CC1.